The normalized spacial score (nSPS) is 34.9. The third kappa shape index (κ3) is 2.29. The van der Waals surface area contributed by atoms with Crippen molar-refractivity contribution in [2.75, 3.05) is 19.7 Å². The Labute approximate surface area is 87.6 Å². The van der Waals surface area contributed by atoms with E-state index in [-0.39, 0.29) is 0 Å². The largest absolute Gasteiger partial charge is 0.377 e. The molecule has 2 unspecified atom stereocenters. The standard InChI is InChI=1S/C12H23NO/c1-2-14-12-8-4-3-7-11(12)13-9-5-6-10-13/h11-12H,2-10H2,1H3. The Hall–Kier alpha value is -0.0800. The number of hydrogen-bond donors (Lipinski definition) is 0. The lowest BCUT2D eigenvalue weighted by Crippen LogP contribution is -2.45. The first kappa shape index (κ1) is 10.4. The number of nitrogens with zero attached hydrogens (tertiary/aromatic N) is 1. The Morgan fingerprint density at radius 1 is 1.07 bits per heavy atom. The fourth-order valence-corrected chi connectivity index (χ4v) is 2.98. The van der Waals surface area contributed by atoms with Crippen LogP contribution in [0.5, 0.6) is 0 Å². The lowest BCUT2D eigenvalue weighted by atomic mass is 9.91. The molecule has 1 saturated carbocycles. The minimum absolute atomic E-state index is 0.534. The fourth-order valence-electron chi connectivity index (χ4n) is 2.98. The second-order valence-corrected chi connectivity index (χ2v) is 4.59. The smallest absolute Gasteiger partial charge is 0.0730 e. The summed E-state index contributed by atoms with van der Waals surface area (Å²) >= 11 is 0. The van der Waals surface area contributed by atoms with Crippen molar-refractivity contribution in [1.82, 2.24) is 4.90 Å². The molecule has 0 aromatic carbocycles. The van der Waals surface area contributed by atoms with Crippen LogP contribution in [-0.4, -0.2) is 36.7 Å². The van der Waals surface area contributed by atoms with Crippen molar-refractivity contribution < 1.29 is 4.74 Å². The zero-order valence-corrected chi connectivity index (χ0v) is 9.37. The van der Waals surface area contributed by atoms with Crippen LogP contribution in [0.15, 0.2) is 0 Å². The molecule has 2 nitrogen and oxygen atoms in total. The topological polar surface area (TPSA) is 12.5 Å². The predicted octanol–water partition coefficient (Wildman–Crippen LogP) is 2.43. The van der Waals surface area contributed by atoms with Crippen LogP contribution in [0, 0.1) is 0 Å². The van der Waals surface area contributed by atoms with Gasteiger partial charge in [0.25, 0.3) is 0 Å². The van der Waals surface area contributed by atoms with E-state index in [0.717, 1.165) is 12.6 Å². The van der Waals surface area contributed by atoms with Gasteiger partial charge in [-0.05, 0) is 45.7 Å². The average Bonchev–Trinajstić information content (AvgIpc) is 2.72. The van der Waals surface area contributed by atoms with E-state index in [4.69, 9.17) is 4.74 Å². The van der Waals surface area contributed by atoms with E-state index in [0.29, 0.717) is 6.10 Å². The van der Waals surface area contributed by atoms with Crippen LogP contribution in [0.4, 0.5) is 0 Å². The highest BCUT2D eigenvalue weighted by molar-refractivity contribution is 4.86. The lowest BCUT2D eigenvalue weighted by Gasteiger charge is -2.37. The second-order valence-electron chi connectivity index (χ2n) is 4.59. The van der Waals surface area contributed by atoms with Gasteiger partial charge in [-0.3, -0.25) is 4.90 Å². The van der Waals surface area contributed by atoms with E-state index in [1.54, 1.807) is 0 Å². The minimum Gasteiger partial charge on any atom is -0.377 e. The summed E-state index contributed by atoms with van der Waals surface area (Å²) < 4.78 is 5.87. The maximum Gasteiger partial charge on any atom is 0.0730 e. The summed E-state index contributed by atoms with van der Waals surface area (Å²) in [4.78, 5) is 2.67. The van der Waals surface area contributed by atoms with Crippen molar-refractivity contribution in [2.24, 2.45) is 0 Å². The maximum atomic E-state index is 5.87. The molecule has 2 rings (SSSR count). The van der Waals surface area contributed by atoms with Crippen LogP contribution in [0.2, 0.25) is 0 Å². The highest BCUT2D eigenvalue weighted by Gasteiger charge is 2.31. The van der Waals surface area contributed by atoms with Gasteiger partial charge in [-0.15, -0.1) is 0 Å². The molecule has 0 bridgehead atoms. The van der Waals surface area contributed by atoms with E-state index in [1.165, 1.54) is 51.6 Å². The van der Waals surface area contributed by atoms with E-state index in [9.17, 15) is 0 Å². The van der Waals surface area contributed by atoms with Gasteiger partial charge in [0.05, 0.1) is 6.10 Å². The van der Waals surface area contributed by atoms with E-state index in [2.05, 4.69) is 11.8 Å². The van der Waals surface area contributed by atoms with E-state index >= 15 is 0 Å². The quantitative estimate of drug-likeness (QED) is 0.689. The third-order valence-electron chi connectivity index (χ3n) is 3.66. The highest BCUT2D eigenvalue weighted by atomic mass is 16.5. The molecule has 0 radical (unpaired) electrons. The molecule has 1 aliphatic heterocycles. The van der Waals surface area contributed by atoms with Crippen molar-refractivity contribution in [1.29, 1.82) is 0 Å². The Bertz CT molecular complexity index is 164. The van der Waals surface area contributed by atoms with Gasteiger partial charge in [-0.1, -0.05) is 12.8 Å². The molecule has 1 saturated heterocycles. The summed E-state index contributed by atoms with van der Waals surface area (Å²) in [5.41, 5.74) is 0. The Balaban J connectivity index is 1.91. The molecule has 0 amide bonds. The molecule has 82 valence electrons. The summed E-state index contributed by atoms with van der Waals surface area (Å²) in [6.07, 6.45) is 8.76. The van der Waals surface area contributed by atoms with Gasteiger partial charge in [-0.25, -0.2) is 0 Å². The van der Waals surface area contributed by atoms with Gasteiger partial charge in [0.15, 0.2) is 0 Å². The molecule has 2 atom stereocenters. The maximum absolute atomic E-state index is 5.87. The van der Waals surface area contributed by atoms with Gasteiger partial charge in [-0.2, -0.15) is 0 Å². The SMILES string of the molecule is CCOC1CCCCC1N1CCCC1. The van der Waals surface area contributed by atoms with Crippen molar-refractivity contribution in [3.8, 4) is 0 Å². The van der Waals surface area contributed by atoms with Gasteiger partial charge in [0, 0.05) is 12.6 Å². The zero-order chi connectivity index (χ0) is 9.80. The van der Waals surface area contributed by atoms with Crippen LogP contribution in [0.25, 0.3) is 0 Å². The lowest BCUT2D eigenvalue weighted by molar-refractivity contribution is -0.0248. The molecule has 0 aromatic rings. The highest BCUT2D eigenvalue weighted by Crippen LogP contribution is 2.27. The summed E-state index contributed by atoms with van der Waals surface area (Å²) in [6, 6.07) is 0.742. The fraction of sp³-hybridized carbons (Fsp3) is 1.00. The van der Waals surface area contributed by atoms with Crippen LogP contribution < -0.4 is 0 Å². The molecule has 2 aliphatic rings. The van der Waals surface area contributed by atoms with Crippen molar-refractivity contribution in [2.45, 2.75) is 57.6 Å². The minimum atomic E-state index is 0.534. The number of hydrogen-bond acceptors (Lipinski definition) is 2. The first-order chi connectivity index (χ1) is 6.92. The van der Waals surface area contributed by atoms with Crippen LogP contribution in [0.3, 0.4) is 0 Å². The molecular weight excluding hydrogens is 174 g/mol. The van der Waals surface area contributed by atoms with Crippen LogP contribution in [-0.2, 0) is 4.74 Å². The molecule has 1 aliphatic carbocycles. The zero-order valence-electron chi connectivity index (χ0n) is 9.37. The second kappa shape index (κ2) is 5.13. The summed E-state index contributed by atoms with van der Waals surface area (Å²) in [5, 5.41) is 0. The third-order valence-corrected chi connectivity index (χ3v) is 3.66. The van der Waals surface area contributed by atoms with Crippen molar-refractivity contribution in [3.63, 3.8) is 0 Å². The van der Waals surface area contributed by atoms with Crippen LogP contribution in [0.1, 0.15) is 45.4 Å². The van der Waals surface area contributed by atoms with Gasteiger partial charge in [0.2, 0.25) is 0 Å². The first-order valence-corrected chi connectivity index (χ1v) is 6.27. The average molecular weight is 197 g/mol. The summed E-state index contributed by atoms with van der Waals surface area (Å²) in [6.45, 7) is 5.63. The van der Waals surface area contributed by atoms with Gasteiger partial charge < -0.3 is 4.74 Å². The molecule has 0 N–H and O–H groups in total. The Kier molecular flexibility index (Phi) is 3.82. The van der Waals surface area contributed by atoms with Gasteiger partial charge >= 0.3 is 0 Å². The monoisotopic (exact) mass is 197 g/mol. The molecule has 0 spiro atoms. The molecule has 14 heavy (non-hydrogen) atoms. The first-order valence-electron chi connectivity index (χ1n) is 6.27. The molecular formula is C12H23NO. The predicted molar refractivity (Wildman–Crippen MR) is 58.5 cm³/mol. The Morgan fingerprint density at radius 3 is 2.50 bits per heavy atom. The van der Waals surface area contributed by atoms with Crippen molar-refractivity contribution >= 4 is 0 Å². The summed E-state index contributed by atoms with van der Waals surface area (Å²) in [7, 11) is 0. The number of likely N-dealkylation sites (tertiary alicyclic amines) is 1. The van der Waals surface area contributed by atoms with Crippen LogP contribution >= 0.6 is 0 Å². The number of rotatable bonds is 3. The van der Waals surface area contributed by atoms with Crippen molar-refractivity contribution in [3.05, 3.63) is 0 Å². The molecule has 2 fully saturated rings. The van der Waals surface area contributed by atoms with E-state index < -0.39 is 0 Å². The molecule has 0 aromatic heterocycles. The van der Waals surface area contributed by atoms with Gasteiger partial charge in [0.1, 0.15) is 0 Å². The summed E-state index contributed by atoms with van der Waals surface area (Å²) in [5.74, 6) is 0. The Morgan fingerprint density at radius 2 is 1.79 bits per heavy atom. The number of ether oxygens (including phenoxy) is 1. The molecule has 1 heterocycles. The van der Waals surface area contributed by atoms with E-state index in [1.807, 2.05) is 0 Å². The molecule has 2 heteroatoms.